The summed E-state index contributed by atoms with van der Waals surface area (Å²) >= 11 is 0. The van der Waals surface area contributed by atoms with Gasteiger partial charge in [0.1, 0.15) is 0 Å². The minimum absolute atomic E-state index is 0. The van der Waals surface area contributed by atoms with Gasteiger partial charge >= 0.3 is 0 Å². The summed E-state index contributed by atoms with van der Waals surface area (Å²) in [5.41, 5.74) is 3.16. The minimum Gasteiger partial charge on any atom is -0.304 e. The number of fused-ring (bicyclic) bond motifs is 2. The summed E-state index contributed by atoms with van der Waals surface area (Å²) < 4.78 is 0. The number of benzene rings is 2. The van der Waals surface area contributed by atoms with Crippen LogP contribution in [0.2, 0.25) is 18.1 Å². The van der Waals surface area contributed by atoms with E-state index in [0.29, 0.717) is 0 Å². The normalized spacial score (nSPS) is 19.5. The van der Waals surface area contributed by atoms with Crippen LogP contribution in [0.15, 0.2) is 54.6 Å². The molecule has 2 aliphatic heterocycles. The topological polar surface area (TPSA) is 3.24 Å². The smallest absolute Gasteiger partial charge is 0.0895 e. The summed E-state index contributed by atoms with van der Waals surface area (Å²) in [5, 5.41) is 1.81. The zero-order chi connectivity index (χ0) is 15.5. The molecule has 0 N–H and O–H groups in total. The summed E-state index contributed by atoms with van der Waals surface area (Å²) in [6.07, 6.45) is 3.96. The Morgan fingerprint density at radius 3 is 2.33 bits per heavy atom. The third kappa shape index (κ3) is 3.61. The molecular formula is C21H28ClNSi. The van der Waals surface area contributed by atoms with Gasteiger partial charge in [0.05, 0.1) is 8.07 Å². The lowest BCUT2D eigenvalue weighted by Crippen LogP contribution is -2.57. The Morgan fingerprint density at radius 1 is 0.833 bits per heavy atom. The Bertz CT molecular complexity index is 650. The third-order valence-electron chi connectivity index (χ3n) is 6.06. The molecule has 1 nitrogen and oxygen atoms in total. The number of rotatable bonds is 3. The molecule has 24 heavy (non-hydrogen) atoms. The van der Waals surface area contributed by atoms with Gasteiger partial charge in [-0.3, -0.25) is 0 Å². The molecular weight excluding hydrogens is 330 g/mol. The molecule has 0 unspecified atom stereocenters. The predicted octanol–water partition coefficient (Wildman–Crippen LogP) is 4.27. The van der Waals surface area contributed by atoms with E-state index in [1.54, 1.807) is 5.56 Å². The second-order valence-corrected chi connectivity index (χ2v) is 12.0. The molecule has 0 amide bonds. The van der Waals surface area contributed by atoms with E-state index < -0.39 is 8.07 Å². The molecule has 0 aromatic heterocycles. The van der Waals surface area contributed by atoms with Gasteiger partial charge in [0.15, 0.2) is 0 Å². The summed E-state index contributed by atoms with van der Waals surface area (Å²) in [7, 11) is -1.18. The molecule has 2 aromatic carbocycles. The molecule has 0 atom stereocenters. The second kappa shape index (κ2) is 7.86. The summed E-state index contributed by atoms with van der Waals surface area (Å²) in [6, 6.07) is 24.8. The Kier molecular flexibility index (Phi) is 5.80. The lowest BCUT2D eigenvalue weighted by molar-refractivity contribution is 0.293. The number of aryl methyl sites for hydroxylation is 1. The maximum absolute atomic E-state index is 2.71. The molecule has 1 spiro atoms. The molecule has 4 rings (SSSR count). The first-order valence-corrected chi connectivity index (χ1v) is 11.8. The van der Waals surface area contributed by atoms with Crippen molar-refractivity contribution in [1.29, 1.82) is 0 Å². The fraction of sp³-hybridized carbons (Fsp3) is 0.429. The lowest BCUT2D eigenvalue weighted by atomic mass is 10.1. The van der Waals surface area contributed by atoms with E-state index in [-0.39, 0.29) is 12.4 Å². The van der Waals surface area contributed by atoms with Gasteiger partial charge in [0, 0.05) is 6.54 Å². The molecule has 2 aromatic rings. The van der Waals surface area contributed by atoms with Gasteiger partial charge in [-0.2, -0.15) is 0 Å². The first-order valence-electron chi connectivity index (χ1n) is 9.20. The SMILES string of the molecule is Cl.c1ccc(CCN2CC[Si]3(CCCc4ccccc43)CC2)cc1. The number of hydrogen-bond donors (Lipinski definition) is 0. The fourth-order valence-electron chi connectivity index (χ4n) is 4.66. The van der Waals surface area contributed by atoms with Crippen LogP contribution in [0.3, 0.4) is 0 Å². The van der Waals surface area contributed by atoms with E-state index in [9.17, 15) is 0 Å². The van der Waals surface area contributed by atoms with E-state index in [1.165, 1.54) is 62.6 Å². The van der Waals surface area contributed by atoms with Crippen molar-refractivity contribution in [3.8, 4) is 0 Å². The van der Waals surface area contributed by atoms with Crippen LogP contribution in [0.5, 0.6) is 0 Å². The van der Waals surface area contributed by atoms with E-state index in [1.807, 2.05) is 5.19 Å². The highest BCUT2D eigenvalue weighted by molar-refractivity contribution is 6.92. The first-order chi connectivity index (χ1) is 11.4. The average Bonchev–Trinajstić information content (AvgIpc) is 2.63. The first kappa shape index (κ1) is 17.7. The van der Waals surface area contributed by atoms with Crippen molar-refractivity contribution < 1.29 is 0 Å². The van der Waals surface area contributed by atoms with Gasteiger partial charge in [0.2, 0.25) is 0 Å². The molecule has 1 fully saturated rings. The molecule has 0 radical (unpaired) electrons. The molecule has 2 heterocycles. The fourth-order valence-corrected chi connectivity index (χ4v) is 9.90. The van der Waals surface area contributed by atoms with Crippen molar-refractivity contribution in [3.05, 3.63) is 65.7 Å². The van der Waals surface area contributed by atoms with E-state index in [4.69, 9.17) is 0 Å². The quantitative estimate of drug-likeness (QED) is 0.741. The lowest BCUT2D eigenvalue weighted by Gasteiger charge is -2.44. The molecule has 0 bridgehead atoms. The highest BCUT2D eigenvalue weighted by Crippen LogP contribution is 2.32. The van der Waals surface area contributed by atoms with Crippen molar-refractivity contribution in [1.82, 2.24) is 4.90 Å². The van der Waals surface area contributed by atoms with Gasteiger partial charge in [0.25, 0.3) is 0 Å². The maximum atomic E-state index is 2.71. The van der Waals surface area contributed by atoms with Crippen molar-refractivity contribution >= 4 is 25.7 Å². The summed E-state index contributed by atoms with van der Waals surface area (Å²) in [5.74, 6) is 0. The predicted molar refractivity (Wildman–Crippen MR) is 108 cm³/mol. The van der Waals surface area contributed by atoms with E-state index in [0.717, 1.165) is 0 Å². The van der Waals surface area contributed by atoms with E-state index >= 15 is 0 Å². The average molecular weight is 358 g/mol. The second-order valence-electron chi connectivity index (χ2n) is 7.37. The van der Waals surface area contributed by atoms with Gasteiger partial charge in [-0.1, -0.05) is 72.2 Å². The maximum Gasteiger partial charge on any atom is 0.0895 e. The Morgan fingerprint density at radius 2 is 1.54 bits per heavy atom. The summed E-state index contributed by atoms with van der Waals surface area (Å²) in [6.45, 7) is 3.89. The molecule has 1 saturated heterocycles. The van der Waals surface area contributed by atoms with Crippen LogP contribution in [0.25, 0.3) is 0 Å². The highest BCUT2D eigenvalue weighted by atomic mass is 35.5. The zero-order valence-electron chi connectivity index (χ0n) is 14.4. The standard InChI is InChI=1S/C21H27NSi.ClH/c1-2-7-19(8-3-1)12-13-22-14-17-23(18-15-22)16-6-10-20-9-4-5-11-21(20)23;/h1-5,7-9,11H,6,10,12-18H2;1H. The van der Waals surface area contributed by atoms with Crippen LogP contribution in [-0.4, -0.2) is 32.6 Å². The van der Waals surface area contributed by atoms with Gasteiger partial charge in [-0.05, 0) is 49.1 Å². The van der Waals surface area contributed by atoms with E-state index in [2.05, 4.69) is 59.5 Å². The number of halogens is 1. The van der Waals surface area contributed by atoms with Crippen molar-refractivity contribution in [2.45, 2.75) is 37.4 Å². The van der Waals surface area contributed by atoms with Crippen molar-refractivity contribution in [2.75, 3.05) is 19.6 Å². The van der Waals surface area contributed by atoms with Crippen LogP contribution < -0.4 is 5.19 Å². The largest absolute Gasteiger partial charge is 0.304 e. The Hall–Kier alpha value is -1.09. The van der Waals surface area contributed by atoms with Gasteiger partial charge < -0.3 is 4.90 Å². The Balaban J connectivity index is 0.00000169. The Labute approximate surface area is 153 Å². The highest BCUT2D eigenvalue weighted by Gasteiger charge is 2.40. The third-order valence-corrected chi connectivity index (χ3v) is 11.4. The number of nitrogens with zero attached hydrogens (tertiary/aromatic N) is 1. The summed E-state index contributed by atoms with van der Waals surface area (Å²) in [4.78, 5) is 2.71. The molecule has 3 heteroatoms. The van der Waals surface area contributed by atoms with Gasteiger partial charge in [-0.15, -0.1) is 12.4 Å². The zero-order valence-corrected chi connectivity index (χ0v) is 16.2. The van der Waals surface area contributed by atoms with Crippen LogP contribution in [0.1, 0.15) is 17.5 Å². The van der Waals surface area contributed by atoms with Crippen LogP contribution in [0, 0.1) is 0 Å². The van der Waals surface area contributed by atoms with Crippen molar-refractivity contribution in [2.24, 2.45) is 0 Å². The monoisotopic (exact) mass is 357 g/mol. The van der Waals surface area contributed by atoms with Crippen LogP contribution in [0.4, 0.5) is 0 Å². The van der Waals surface area contributed by atoms with Crippen LogP contribution in [-0.2, 0) is 12.8 Å². The molecule has 2 aliphatic rings. The minimum atomic E-state index is -1.18. The molecule has 0 saturated carbocycles. The van der Waals surface area contributed by atoms with Gasteiger partial charge in [-0.25, -0.2) is 0 Å². The van der Waals surface area contributed by atoms with Crippen LogP contribution >= 0.6 is 12.4 Å². The van der Waals surface area contributed by atoms with Crippen molar-refractivity contribution in [3.63, 3.8) is 0 Å². The molecule has 128 valence electrons. The number of hydrogen-bond acceptors (Lipinski definition) is 1. The molecule has 0 aliphatic carbocycles.